The molecule has 130 valence electrons. The Morgan fingerprint density at radius 3 is 2.72 bits per heavy atom. The number of anilines is 1. The molecule has 0 aliphatic heterocycles. The SMILES string of the molecule is CC(C)n1ccc(CCNC(=O)C(=O)Nc2ccc(F)c(C#N)c2)n1. The molecule has 0 aliphatic rings. The quantitative estimate of drug-likeness (QED) is 0.808. The molecule has 1 aromatic heterocycles. The van der Waals surface area contributed by atoms with Gasteiger partial charge in [-0.2, -0.15) is 10.4 Å². The van der Waals surface area contributed by atoms with Crippen molar-refractivity contribution in [2.24, 2.45) is 0 Å². The van der Waals surface area contributed by atoms with Crippen LogP contribution in [0.2, 0.25) is 0 Å². The third kappa shape index (κ3) is 4.88. The van der Waals surface area contributed by atoms with E-state index < -0.39 is 17.6 Å². The lowest BCUT2D eigenvalue weighted by molar-refractivity contribution is -0.136. The van der Waals surface area contributed by atoms with Crippen LogP contribution in [0.25, 0.3) is 0 Å². The molecule has 2 aromatic rings. The Balaban J connectivity index is 1.84. The molecule has 0 fully saturated rings. The highest BCUT2D eigenvalue weighted by molar-refractivity contribution is 6.39. The van der Waals surface area contributed by atoms with Gasteiger partial charge in [-0.1, -0.05) is 0 Å². The van der Waals surface area contributed by atoms with Crippen molar-refractivity contribution in [1.82, 2.24) is 15.1 Å². The van der Waals surface area contributed by atoms with Crippen molar-refractivity contribution in [3.05, 3.63) is 47.5 Å². The lowest BCUT2D eigenvalue weighted by Crippen LogP contribution is -2.36. The van der Waals surface area contributed by atoms with Crippen LogP contribution >= 0.6 is 0 Å². The summed E-state index contributed by atoms with van der Waals surface area (Å²) in [6.45, 7) is 4.28. The van der Waals surface area contributed by atoms with Crippen LogP contribution in [-0.4, -0.2) is 28.1 Å². The highest BCUT2D eigenvalue weighted by Crippen LogP contribution is 2.13. The summed E-state index contributed by atoms with van der Waals surface area (Å²) >= 11 is 0. The number of benzene rings is 1. The molecule has 2 rings (SSSR count). The zero-order valence-corrected chi connectivity index (χ0v) is 13.9. The van der Waals surface area contributed by atoms with Gasteiger partial charge in [0.1, 0.15) is 11.9 Å². The molecule has 8 heteroatoms. The first kappa shape index (κ1) is 18.1. The normalized spacial score (nSPS) is 10.4. The van der Waals surface area contributed by atoms with Crippen LogP contribution in [0.5, 0.6) is 0 Å². The summed E-state index contributed by atoms with van der Waals surface area (Å²) in [6.07, 6.45) is 2.35. The second-order valence-corrected chi connectivity index (χ2v) is 5.65. The first-order chi connectivity index (χ1) is 11.9. The molecule has 0 aliphatic carbocycles. The maximum absolute atomic E-state index is 13.2. The second kappa shape index (κ2) is 8.06. The van der Waals surface area contributed by atoms with E-state index in [-0.39, 0.29) is 23.8 Å². The average molecular weight is 343 g/mol. The second-order valence-electron chi connectivity index (χ2n) is 5.65. The van der Waals surface area contributed by atoms with Gasteiger partial charge in [0.15, 0.2) is 0 Å². The fourth-order valence-electron chi connectivity index (χ4n) is 2.06. The van der Waals surface area contributed by atoms with Crippen LogP contribution in [0, 0.1) is 17.1 Å². The number of hydrogen-bond donors (Lipinski definition) is 2. The van der Waals surface area contributed by atoms with Crippen molar-refractivity contribution < 1.29 is 14.0 Å². The molecule has 2 amide bonds. The highest BCUT2D eigenvalue weighted by atomic mass is 19.1. The monoisotopic (exact) mass is 343 g/mol. The Morgan fingerprint density at radius 2 is 2.08 bits per heavy atom. The molecule has 2 N–H and O–H groups in total. The van der Waals surface area contributed by atoms with E-state index in [2.05, 4.69) is 15.7 Å². The summed E-state index contributed by atoms with van der Waals surface area (Å²) in [7, 11) is 0. The predicted octanol–water partition coefficient (Wildman–Crippen LogP) is 1.77. The summed E-state index contributed by atoms with van der Waals surface area (Å²) in [5.41, 5.74) is 0.777. The third-order valence-corrected chi connectivity index (χ3v) is 3.41. The molecule has 0 saturated heterocycles. The largest absolute Gasteiger partial charge is 0.347 e. The van der Waals surface area contributed by atoms with Crippen molar-refractivity contribution in [2.45, 2.75) is 26.3 Å². The minimum atomic E-state index is -0.886. The number of nitrogens with zero attached hydrogens (tertiary/aromatic N) is 3. The molecule has 0 spiro atoms. The fraction of sp³-hybridized carbons (Fsp3) is 0.294. The summed E-state index contributed by atoms with van der Waals surface area (Å²) in [6, 6.07) is 7.27. The number of carbonyl (C=O) groups is 2. The Hall–Kier alpha value is -3.21. The number of aromatic nitrogens is 2. The van der Waals surface area contributed by atoms with Crippen molar-refractivity contribution in [3.63, 3.8) is 0 Å². The predicted molar refractivity (Wildman–Crippen MR) is 89.1 cm³/mol. The van der Waals surface area contributed by atoms with Gasteiger partial charge in [-0.3, -0.25) is 14.3 Å². The molecular weight excluding hydrogens is 325 g/mol. The number of halogens is 1. The van der Waals surface area contributed by atoms with Crippen LogP contribution in [0.15, 0.2) is 30.5 Å². The van der Waals surface area contributed by atoms with Gasteiger partial charge in [0, 0.05) is 30.9 Å². The van der Waals surface area contributed by atoms with E-state index in [0.29, 0.717) is 6.42 Å². The van der Waals surface area contributed by atoms with Crippen LogP contribution in [0.4, 0.5) is 10.1 Å². The minimum Gasteiger partial charge on any atom is -0.347 e. The standard InChI is InChI=1S/C17H18FN5O2/c1-11(2)23-8-6-13(22-23)5-7-20-16(24)17(25)21-14-3-4-15(18)12(9-14)10-19/h3-4,6,8-9,11H,5,7H2,1-2H3,(H,20,24)(H,21,25). The summed E-state index contributed by atoms with van der Waals surface area (Å²) in [5.74, 6) is -2.39. The lowest BCUT2D eigenvalue weighted by atomic mass is 10.2. The van der Waals surface area contributed by atoms with Crippen LogP contribution in [0.3, 0.4) is 0 Å². The lowest BCUT2D eigenvalue weighted by Gasteiger charge is -2.07. The Labute approximate surface area is 144 Å². The summed E-state index contributed by atoms with van der Waals surface area (Å²) in [5, 5.41) is 17.9. The van der Waals surface area contributed by atoms with E-state index in [4.69, 9.17) is 5.26 Å². The Morgan fingerprint density at radius 1 is 1.32 bits per heavy atom. The first-order valence-corrected chi connectivity index (χ1v) is 7.73. The van der Waals surface area contributed by atoms with E-state index in [0.717, 1.165) is 11.8 Å². The molecular formula is C17H18FN5O2. The van der Waals surface area contributed by atoms with E-state index >= 15 is 0 Å². The van der Waals surface area contributed by atoms with Gasteiger partial charge in [0.05, 0.1) is 11.3 Å². The molecule has 1 heterocycles. The van der Waals surface area contributed by atoms with Gasteiger partial charge in [-0.15, -0.1) is 0 Å². The zero-order chi connectivity index (χ0) is 18.4. The van der Waals surface area contributed by atoms with Gasteiger partial charge in [0.25, 0.3) is 0 Å². The van der Waals surface area contributed by atoms with Crippen LogP contribution in [0.1, 0.15) is 31.1 Å². The molecule has 0 unspecified atom stereocenters. The maximum Gasteiger partial charge on any atom is 0.313 e. The van der Waals surface area contributed by atoms with Crippen molar-refractivity contribution in [1.29, 1.82) is 5.26 Å². The molecule has 25 heavy (non-hydrogen) atoms. The average Bonchev–Trinajstić information content (AvgIpc) is 3.05. The molecule has 1 aromatic carbocycles. The summed E-state index contributed by atoms with van der Waals surface area (Å²) < 4.78 is 15.0. The van der Waals surface area contributed by atoms with Gasteiger partial charge < -0.3 is 10.6 Å². The molecule has 0 atom stereocenters. The number of hydrogen-bond acceptors (Lipinski definition) is 4. The van der Waals surface area contributed by atoms with E-state index in [1.54, 1.807) is 6.07 Å². The number of amides is 2. The van der Waals surface area contributed by atoms with E-state index in [1.807, 2.05) is 30.8 Å². The number of nitriles is 1. The van der Waals surface area contributed by atoms with Gasteiger partial charge in [-0.25, -0.2) is 4.39 Å². The third-order valence-electron chi connectivity index (χ3n) is 3.41. The van der Waals surface area contributed by atoms with Gasteiger partial charge in [0.2, 0.25) is 0 Å². The van der Waals surface area contributed by atoms with Gasteiger partial charge in [-0.05, 0) is 38.1 Å². The maximum atomic E-state index is 13.2. The van der Waals surface area contributed by atoms with E-state index in [9.17, 15) is 14.0 Å². The highest BCUT2D eigenvalue weighted by Gasteiger charge is 2.14. The zero-order valence-electron chi connectivity index (χ0n) is 13.9. The number of rotatable bonds is 5. The molecule has 0 bridgehead atoms. The van der Waals surface area contributed by atoms with Crippen molar-refractivity contribution in [2.75, 3.05) is 11.9 Å². The van der Waals surface area contributed by atoms with E-state index in [1.165, 1.54) is 12.1 Å². The Kier molecular flexibility index (Phi) is 5.84. The molecule has 7 nitrogen and oxygen atoms in total. The number of nitrogens with one attached hydrogen (secondary N) is 2. The minimum absolute atomic E-state index is 0.175. The molecule has 0 radical (unpaired) electrons. The van der Waals surface area contributed by atoms with Crippen LogP contribution in [-0.2, 0) is 16.0 Å². The first-order valence-electron chi connectivity index (χ1n) is 7.73. The Bertz CT molecular complexity index is 823. The van der Waals surface area contributed by atoms with Gasteiger partial charge >= 0.3 is 11.8 Å². The number of carbonyl (C=O) groups excluding carboxylic acids is 2. The van der Waals surface area contributed by atoms with Crippen molar-refractivity contribution in [3.8, 4) is 6.07 Å². The molecule has 0 saturated carbocycles. The van der Waals surface area contributed by atoms with Crippen molar-refractivity contribution >= 4 is 17.5 Å². The summed E-state index contributed by atoms with van der Waals surface area (Å²) in [4.78, 5) is 23.6. The smallest absolute Gasteiger partial charge is 0.313 e. The van der Waals surface area contributed by atoms with Crippen LogP contribution < -0.4 is 10.6 Å². The topological polar surface area (TPSA) is 99.8 Å². The fourth-order valence-corrected chi connectivity index (χ4v) is 2.06.